The number of esters is 2. The van der Waals surface area contributed by atoms with Crippen molar-refractivity contribution >= 4 is 52.0 Å². The Bertz CT molecular complexity index is 996. The number of rotatable bonds is 12. The van der Waals surface area contributed by atoms with Gasteiger partial charge in [0.25, 0.3) is 11.8 Å². The highest BCUT2D eigenvalue weighted by atomic mass is 32.2. The SMILES string of the molecule is CCOC(=O)c1sc(NC(=O)[C@H](CC)OC(=O)[C@H](CCSC)NC(=O)c2ccccc2)nc1C. The van der Waals surface area contributed by atoms with E-state index < -0.39 is 35.9 Å². The second-order valence-electron chi connectivity index (χ2n) is 7.15. The third-order valence-corrected chi connectivity index (χ3v) is 6.34. The van der Waals surface area contributed by atoms with Crippen molar-refractivity contribution in [2.45, 2.75) is 45.8 Å². The summed E-state index contributed by atoms with van der Waals surface area (Å²) in [6.45, 7) is 5.27. The van der Waals surface area contributed by atoms with Gasteiger partial charge in [-0.15, -0.1) is 0 Å². The lowest BCUT2D eigenvalue weighted by atomic mass is 10.1. The molecule has 2 rings (SSSR count). The van der Waals surface area contributed by atoms with E-state index in [2.05, 4.69) is 15.6 Å². The van der Waals surface area contributed by atoms with E-state index in [9.17, 15) is 19.2 Å². The van der Waals surface area contributed by atoms with Gasteiger partial charge in [-0.25, -0.2) is 14.6 Å². The zero-order valence-electron chi connectivity index (χ0n) is 19.6. The van der Waals surface area contributed by atoms with Gasteiger partial charge >= 0.3 is 11.9 Å². The standard InChI is InChI=1S/C23H29N3O6S2/c1-5-17(20(28)26-23-24-14(3)18(34-23)22(30)31-6-2)32-21(29)16(12-13-33-4)25-19(27)15-10-8-7-9-11-15/h7-11,16-17H,5-6,12-13H2,1-4H3,(H,25,27)(H,24,26,28)/t16-,17-/m0/s1. The van der Waals surface area contributed by atoms with Gasteiger partial charge in [-0.1, -0.05) is 36.5 Å². The quantitative estimate of drug-likeness (QED) is 0.419. The predicted molar refractivity (Wildman–Crippen MR) is 132 cm³/mol. The first-order valence-corrected chi connectivity index (χ1v) is 13.0. The molecule has 0 saturated heterocycles. The fourth-order valence-electron chi connectivity index (χ4n) is 2.88. The second kappa shape index (κ2) is 13.7. The fourth-order valence-corrected chi connectivity index (χ4v) is 4.22. The summed E-state index contributed by atoms with van der Waals surface area (Å²) in [5.41, 5.74) is 0.857. The molecule has 2 N–H and O–H groups in total. The Kier molecular flexibility index (Phi) is 11.0. The van der Waals surface area contributed by atoms with Gasteiger partial charge in [0.1, 0.15) is 10.9 Å². The molecule has 184 valence electrons. The number of anilines is 1. The zero-order chi connectivity index (χ0) is 25.1. The van der Waals surface area contributed by atoms with Gasteiger partial charge in [0.05, 0.1) is 12.3 Å². The van der Waals surface area contributed by atoms with Gasteiger partial charge < -0.3 is 14.8 Å². The van der Waals surface area contributed by atoms with Crippen LogP contribution in [-0.4, -0.2) is 59.5 Å². The smallest absolute Gasteiger partial charge is 0.350 e. The molecule has 0 spiro atoms. The molecule has 0 radical (unpaired) electrons. The molecule has 0 aliphatic heterocycles. The van der Waals surface area contributed by atoms with E-state index in [1.54, 1.807) is 51.1 Å². The molecule has 1 heterocycles. The number of hydrogen-bond acceptors (Lipinski definition) is 9. The van der Waals surface area contributed by atoms with Crippen molar-refractivity contribution in [3.63, 3.8) is 0 Å². The van der Waals surface area contributed by atoms with E-state index in [1.807, 2.05) is 6.26 Å². The summed E-state index contributed by atoms with van der Waals surface area (Å²) >= 11 is 2.52. The van der Waals surface area contributed by atoms with Crippen LogP contribution >= 0.6 is 23.1 Å². The lowest BCUT2D eigenvalue weighted by molar-refractivity contribution is -0.156. The maximum atomic E-state index is 12.9. The Balaban J connectivity index is 2.06. The Hall–Kier alpha value is -2.92. The molecule has 0 unspecified atom stereocenters. The molecule has 2 atom stereocenters. The second-order valence-corrected chi connectivity index (χ2v) is 9.14. The van der Waals surface area contributed by atoms with Crippen molar-refractivity contribution in [2.24, 2.45) is 0 Å². The first kappa shape index (κ1) is 27.3. The van der Waals surface area contributed by atoms with Gasteiger partial charge in [0.2, 0.25) is 0 Å². The van der Waals surface area contributed by atoms with Crippen LogP contribution in [0.4, 0.5) is 5.13 Å². The molecule has 0 aliphatic carbocycles. The van der Waals surface area contributed by atoms with Gasteiger partial charge in [-0.05, 0) is 50.8 Å². The zero-order valence-corrected chi connectivity index (χ0v) is 21.2. The molecule has 1 aromatic carbocycles. The molecule has 2 amide bonds. The summed E-state index contributed by atoms with van der Waals surface area (Å²) in [6.07, 6.45) is 1.37. The maximum absolute atomic E-state index is 12.9. The molecule has 2 aromatic rings. The lowest BCUT2D eigenvalue weighted by Crippen LogP contribution is -2.45. The molecule has 0 saturated carbocycles. The number of benzene rings is 1. The molecule has 0 bridgehead atoms. The van der Waals surface area contributed by atoms with E-state index >= 15 is 0 Å². The van der Waals surface area contributed by atoms with Crippen molar-refractivity contribution in [3.05, 3.63) is 46.5 Å². The van der Waals surface area contributed by atoms with E-state index in [4.69, 9.17) is 9.47 Å². The minimum atomic E-state index is -1.09. The predicted octanol–water partition coefficient (Wildman–Crippen LogP) is 3.44. The summed E-state index contributed by atoms with van der Waals surface area (Å²) in [5.74, 6) is -1.55. The van der Waals surface area contributed by atoms with Crippen LogP contribution in [0.1, 0.15) is 52.4 Å². The highest BCUT2D eigenvalue weighted by Gasteiger charge is 2.29. The number of carbonyl (C=O) groups is 4. The number of nitrogens with one attached hydrogen (secondary N) is 2. The average molecular weight is 508 g/mol. The van der Waals surface area contributed by atoms with Gasteiger partial charge in [-0.2, -0.15) is 11.8 Å². The normalized spacial score (nSPS) is 12.4. The number of nitrogens with zero attached hydrogens (tertiary/aromatic N) is 1. The third kappa shape index (κ3) is 7.84. The van der Waals surface area contributed by atoms with Crippen LogP contribution in [0, 0.1) is 6.92 Å². The number of ether oxygens (including phenoxy) is 2. The van der Waals surface area contributed by atoms with E-state index in [1.165, 1.54) is 11.8 Å². The number of amides is 2. The lowest BCUT2D eigenvalue weighted by Gasteiger charge is -2.21. The van der Waals surface area contributed by atoms with Crippen LogP contribution in [0.3, 0.4) is 0 Å². The Labute approximate surface area is 207 Å². The van der Waals surface area contributed by atoms with Gasteiger partial charge in [0, 0.05) is 5.56 Å². The summed E-state index contributed by atoms with van der Waals surface area (Å²) in [4.78, 5) is 54.6. The molecule has 1 aromatic heterocycles. The van der Waals surface area contributed by atoms with Crippen molar-refractivity contribution in [2.75, 3.05) is 23.9 Å². The number of thioether (sulfide) groups is 1. The summed E-state index contributed by atoms with van der Waals surface area (Å²) in [5, 5.41) is 5.50. The van der Waals surface area contributed by atoms with Crippen LogP contribution in [0.5, 0.6) is 0 Å². The van der Waals surface area contributed by atoms with Crippen LogP contribution in [0.2, 0.25) is 0 Å². The number of aromatic nitrogens is 1. The van der Waals surface area contributed by atoms with E-state index in [0.717, 1.165) is 11.3 Å². The molecule has 11 heteroatoms. The molecular formula is C23H29N3O6S2. The first-order chi connectivity index (χ1) is 16.3. The molecule has 0 aliphatic rings. The van der Waals surface area contributed by atoms with Crippen molar-refractivity contribution in [3.8, 4) is 0 Å². The Morgan fingerprint density at radius 3 is 2.47 bits per heavy atom. The summed E-state index contributed by atoms with van der Waals surface area (Å²) in [6, 6.07) is 7.65. The number of aryl methyl sites for hydroxylation is 1. The summed E-state index contributed by atoms with van der Waals surface area (Å²) < 4.78 is 10.4. The highest BCUT2D eigenvalue weighted by Crippen LogP contribution is 2.24. The molecular weight excluding hydrogens is 478 g/mol. The average Bonchev–Trinajstić information content (AvgIpc) is 3.20. The van der Waals surface area contributed by atoms with E-state index in [-0.39, 0.29) is 18.2 Å². The van der Waals surface area contributed by atoms with Crippen LogP contribution < -0.4 is 10.6 Å². The highest BCUT2D eigenvalue weighted by molar-refractivity contribution is 7.98. The largest absolute Gasteiger partial charge is 0.462 e. The topological polar surface area (TPSA) is 124 Å². The van der Waals surface area contributed by atoms with Crippen molar-refractivity contribution < 1.29 is 28.7 Å². The van der Waals surface area contributed by atoms with E-state index in [0.29, 0.717) is 28.3 Å². The third-order valence-electron chi connectivity index (χ3n) is 4.65. The van der Waals surface area contributed by atoms with Crippen molar-refractivity contribution in [1.82, 2.24) is 10.3 Å². The Morgan fingerprint density at radius 1 is 1.15 bits per heavy atom. The fraction of sp³-hybridized carbons (Fsp3) is 0.435. The number of carbonyl (C=O) groups excluding carboxylic acids is 4. The van der Waals surface area contributed by atoms with Crippen LogP contribution in [0.15, 0.2) is 30.3 Å². The number of thiazole rings is 1. The molecule has 34 heavy (non-hydrogen) atoms. The first-order valence-electron chi connectivity index (χ1n) is 10.8. The van der Waals surface area contributed by atoms with Gasteiger partial charge in [0.15, 0.2) is 11.2 Å². The maximum Gasteiger partial charge on any atom is 0.350 e. The van der Waals surface area contributed by atoms with Gasteiger partial charge in [-0.3, -0.25) is 14.9 Å². The minimum Gasteiger partial charge on any atom is -0.462 e. The van der Waals surface area contributed by atoms with Crippen LogP contribution in [-0.2, 0) is 19.1 Å². The summed E-state index contributed by atoms with van der Waals surface area (Å²) in [7, 11) is 0. The van der Waals surface area contributed by atoms with Crippen LogP contribution in [0.25, 0.3) is 0 Å². The molecule has 0 fully saturated rings. The van der Waals surface area contributed by atoms with Crippen molar-refractivity contribution in [1.29, 1.82) is 0 Å². The number of hydrogen-bond donors (Lipinski definition) is 2. The monoisotopic (exact) mass is 507 g/mol. The minimum absolute atomic E-state index is 0.205. The Morgan fingerprint density at radius 2 is 1.85 bits per heavy atom. The molecule has 9 nitrogen and oxygen atoms in total.